The van der Waals surface area contributed by atoms with Crippen molar-refractivity contribution in [2.24, 2.45) is 0 Å². The number of hydrogen-bond acceptors (Lipinski definition) is 4. The third-order valence-corrected chi connectivity index (χ3v) is 5.68. The van der Waals surface area contributed by atoms with Crippen LogP contribution in [0.2, 0.25) is 0 Å². The van der Waals surface area contributed by atoms with E-state index in [0.29, 0.717) is 13.1 Å². The molecule has 0 aromatic heterocycles. The number of benzene rings is 1. The van der Waals surface area contributed by atoms with Crippen LogP contribution in [0.15, 0.2) is 47.9 Å². The fourth-order valence-corrected chi connectivity index (χ4v) is 3.65. The molecule has 2 amide bonds. The van der Waals surface area contributed by atoms with Crippen molar-refractivity contribution in [3.05, 3.63) is 43.0 Å². The molecule has 1 aromatic carbocycles. The minimum Gasteiger partial charge on any atom is -0.337 e. The van der Waals surface area contributed by atoms with Crippen molar-refractivity contribution in [2.75, 3.05) is 45.0 Å². The highest BCUT2D eigenvalue weighted by molar-refractivity contribution is 7.91. The average molecular weight is 368 g/mol. The SMILES string of the molecule is C=CCN(CCS(=O)(=O)c1ccccc1)C(=O)NCCN(CC)CC. The summed E-state index contributed by atoms with van der Waals surface area (Å²) in [6.45, 7) is 11.4. The predicted octanol–water partition coefficient (Wildman–Crippen LogP) is 2.00. The van der Waals surface area contributed by atoms with E-state index in [1.165, 1.54) is 4.90 Å². The Morgan fingerprint density at radius 3 is 2.36 bits per heavy atom. The lowest BCUT2D eigenvalue weighted by Crippen LogP contribution is -2.44. The lowest BCUT2D eigenvalue weighted by Gasteiger charge is -2.23. The lowest BCUT2D eigenvalue weighted by molar-refractivity contribution is 0.203. The summed E-state index contributed by atoms with van der Waals surface area (Å²) in [6.07, 6.45) is 1.60. The molecule has 0 spiro atoms. The van der Waals surface area contributed by atoms with Gasteiger partial charge in [0.25, 0.3) is 0 Å². The van der Waals surface area contributed by atoms with E-state index in [1.807, 2.05) is 0 Å². The number of urea groups is 1. The first-order chi connectivity index (χ1) is 11.9. The number of likely N-dealkylation sites (N-methyl/N-ethyl adjacent to an activating group) is 1. The molecule has 0 fully saturated rings. The van der Waals surface area contributed by atoms with E-state index in [0.717, 1.165) is 19.6 Å². The van der Waals surface area contributed by atoms with Gasteiger partial charge in [0.1, 0.15) is 0 Å². The standard InChI is InChI=1S/C18H29N3O3S/c1-4-13-21(18(22)19-12-14-20(5-2)6-3)15-16-25(23,24)17-10-8-7-9-11-17/h4,7-11H,1,5-6,12-16H2,2-3H3,(H,19,22). The second-order valence-electron chi connectivity index (χ2n) is 5.63. The zero-order valence-electron chi connectivity index (χ0n) is 15.1. The first-order valence-electron chi connectivity index (χ1n) is 8.58. The van der Waals surface area contributed by atoms with Gasteiger partial charge < -0.3 is 15.1 Å². The Labute approximate surface area is 151 Å². The fourth-order valence-electron chi connectivity index (χ4n) is 2.38. The summed E-state index contributed by atoms with van der Waals surface area (Å²) < 4.78 is 24.7. The smallest absolute Gasteiger partial charge is 0.317 e. The van der Waals surface area contributed by atoms with Gasteiger partial charge in [0.15, 0.2) is 9.84 Å². The van der Waals surface area contributed by atoms with Crippen LogP contribution in [-0.4, -0.2) is 69.3 Å². The van der Waals surface area contributed by atoms with Gasteiger partial charge in [-0.15, -0.1) is 6.58 Å². The molecule has 0 saturated heterocycles. The summed E-state index contributed by atoms with van der Waals surface area (Å²) >= 11 is 0. The van der Waals surface area contributed by atoms with Crippen LogP contribution in [0.4, 0.5) is 4.79 Å². The minimum absolute atomic E-state index is 0.117. The molecule has 0 aliphatic rings. The van der Waals surface area contributed by atoms with E-state index in [1.54, 1.807) is 36.4 Å². The van der Waals surface area contributed by atoms with Gasteiger partial charge in [-0.2, -0.15) is 0 Å². The third kappa shape index (κ3) is 7.27. The predicted molar refractivity (Wildman–Crippen MR) is 101 cm³/mol. The highest BCUT2D eigenvalue weighted by atomic mass is 32.2. The Morgan fingerprint density at radius 1 is 1.16 bits per heavy atom. The summed E-state index contributed by atoms with van der Waals surface area (Å²) in [5.41, 5.74) is 0. The molecule has 0 aliphatic heterocycles. The first kappa shape index (κ1) is 21.2. The number of rotatable bonds is 11. The molecule has 0 saturated carbocycles. The monoisotopic (exact) mass is 367 g/mol. The second kappa shape index (κ2) is 10.9. The number of hydrogen-bond donors (Lipinski definition) is 1. The molecule has 0 radical (unpaired) electrons. The van der Waals surface area contributed by atoms with Crippen molar-refractivity contribution in [2.45, 2.75) is 18.7 Å². The number of nitrogens with zero attached hydrogens (tertiary/aromatic N) is 2. The maximum absolute atomic E-state index is 12.4. The summed E-state index contributed by atoms with van der Waals surface area (Å²) in [6, 6.07) is 8.01. The van der Waals surface area contributed by atoms with Crippen molar-refractivity contribution in [1.82, 2.24) is 15.1 Å². The number of carbonyl (C=O) groups excluding carboxylic acids is 1. The summed E-state index contributed by atoms with van der Waals surface area (Å²) in [4.78, 5) is 16.2. The van der Waals surface area contributed by atoms with Crippen molar-refractivity contribution in [1.29, 1.82) is 0 Å². The van der Waals surface area contributed by atoms with Gasteiger partial charge in [0, 0.05) is 26.2 Å². The van der Waals surface area contributed by atoms with Crippen LogP contribution >= 0.6 is 0 Å². The molecule has 6 nitrogen and oxygen atoms in total. The Balaban J connectivity index is 2.58. The van der Waals surface area contributed by atoms with Crippen LogP contribution in [0.25, 0.3) is 0 Å². The highest BCUT2D eigenvalue weighted by Gasteiger charge is 2.18. The van der Waals surface area contributed by atoms with Gasteiger partial charge in [-0.3, -0.25) is 0 Å². The minimum atomic E-state index is -3.41. The quantitative estimate of drug-likeness (QED) is 0.608. The lowest BCUT2D eigenvalue weighted by atomic mass is 10.4. The topological polar surface area (TPSA) is 69.7 Å². The van der Waals surface area contributed by atoms with E-state index in [2.05, 4.69) is 30.6 Å². The summed E-state index contributed by atoms with van der Waals surface area (Å²) in [5.74, 6) is -0.117. The van der Waals surface area contributed by atoms with Crippen molar-refractivity contribution >= 4 is 15.9 Å². The number of amides is 2. The van der Waals surface area contributed by atoms with Crippen LogP contribution in [0.1, 0.15) is 13.8 Å². The molecule has 1 aromatic rings. The second-order valence-corrected chi connectivity index (χ2v) is 7.73. The maximum atomic E-state index is 12.4. The van der Waals surface area contributed by atoms with E-state index in [9.17, 15) is 13.2 Å². The molecule has 25 heavy (non-hydrogen) atoms. The molecule has 1 N–H and O–H groups in total. The van der Waals surface area contributed by atoms with Crippen LogP contribution in [0.3, 0.4) is 0 Å². The van der Waals surface area contributed by atoms with Crippen LogP contribution in [0, 0.1) is 0 Å². The normalized spacial score (nSPS) is 11.3. The van der Waals surface area contributed by atoms with Gasteiger partial charge in [-0.1, -0.05) is 38.1 Å². The van der Waals surface area contributed by atoms with Gasteiger partial charge in [-0.05, 0) is 25.2 Å². The number of carbonyl (C=O) groups is 1. The molecule has 0 atom stereocenters. The molecule has 0 unspecified atom stereocenters. The molecule has 7 heteroatoms. The van der Waals surface area contributed by atoms with Crippen molar-refractivity contribution < 1.29 is 13.2 Å². The van der Waals surface area contributed by atoms with Gasteiger partial charge in [-0.25, -0.2) is 13.2 Å². The van der Waals surface area contributed by atoms with E-state index < -0.39 is 9.84 Å². The van der Waals surface area contributed by atoms with Crippen LogP contribution < -0.4 is 5.32 Å². The fraction of sp³-hybridized carbons (Fsp3) is 0.500. The van der Waals surface area contributed by atoms with Crippen LogP contribution in [-0.2, 0) is 9.84 Å². The van der Waals surface area contributed by atoms with Gasteiger partial charge in [0.05, 0.1) is 10.6 Å². The van der Waals surface area contributed by atoms with Gasteiger partial charge >= 0.3 is 6.03 Å². The van der Waals surface area contributed by atoms with Crippen LogP contribution in [0.5, 0.6) is 0 Å². The van der Waals surface area contributed by atoms with Crippen molar-refractivity contribution in [3.63, 3.8) is 0 Å². The average Bonchev–Trinajstić information content (AvgIpc) is 2.63. The molecule has 0 bridgehead atoms. The molecule has 0 aliphatic carbocycles. The first-order valence-corrected chi connectivity index (χ1v) is 10.2. The molecule has 0 heterocycles. The maximum Gasteiger partial charge on any atom is 0.317 e. The van der Waals surface area contributed by atoms with Gasteiger partial charge in [0.2, 0.25) is 0 Å². The Bertz CT molecular complexity index is 628. The molecule has 1 rings (SSSR count). The highest BCUT2D eigenvalue weighted by Crippen LogP contribution is 2.10. The molecular weight excluding hydrogens is 338 g/mol. The largest absolute Gasteiger partial charge is 0.337 e. The Morgan fingerprint density at radius 2 is 1.80 bits per heavy atom. The Hall–Kier alpha value is -1.86. The zero-order valence-corrected chi connectivity index (χ0v) is 16.0. The number of sulfone groups is 1. The molecule has 140 valence electrons. The Kier molecular flexibility index (Phi) is 9.23. The van der Waals surface area contributed by atoms with Crippen molar-refractivity contribution in [3.8, 4) is 0 Å². The van der Waals surface area contributed by atoms with E-state index in [-0.39, 0.29) is 23.2 Å². The number of nitrogens with one attached hydrogen (secondary N) is 1. The van der Waals surface area contributed by atoms with E-state index in [4.69, 9.17) is 0 Å². The van der Waals surface area contributed by atoms with E-state index >= 15 is 0 Å². The zero-order chi connectivity index (χ0) is 18.7. The third-order valence-electron chi connectivity index (χ3n) is 3.97. The summed E-state index contributed by atoms with van der Waals surface area (Å²) in [7, 11) is -3.41. The summed E-state index contributed by atoms with van der Waals surface area (Å²) in [5, 5.41) is 2.85. The molecular formula is C18H29N3O3S.